The van der Waals surface area contributed by atoms with Crippen LogP contribution in [0.25, 0.3) is 5.57 Å². The van der Waals surface area contributed by atoms with Crippen molar-refractivity contribution in [1.82, 2.24) is 5.32 Å². The molecule has 3 heteroatoms. The van der Waals surface area contributed by atoms with Crippen LogP contribution >= 0.6 is 0 Å². The second-order valence-corrected chi connectivity index (χ2v) is 6.34. The second-order valence-electron chi connectivity index (χ2n) is 6.34. The molecule has 1 saturated heterocycles. The van der Waals surface area contributed by atoms with Gasteiger partial charge in [-0.1, -0.05) is 48.5 Å². The van der Waals surface area contributed by atoms with Crippen LogP contribution < -0.4 is 5.32 Å². The maximum absolute atomic E-state index is 13.1. The number of allylic oxidation sites excluding steroid dienone is 1. The van der Waals surface area contributed by atoms with E-state index < -0.39 is 0 Å². The number of carbonyl (C=O) groups is 1. The van der Waals surface area contributed by atoms with Crippen molar-refractivity contribution in [2.24, 2.45) is 11.8 Å². The Bertz CT molecular complexity index is 751. The summed E-state index contributed by atoms with van der Waals surface area (Å²) in [7, 11) is 0. The Morgan fingerprint density at radius 1 is 1.04 bits per heavy atom. The highest BCUT2D eigenvalue weighted by molar-refractivity contribution is 6.24. The molecule has 23 heavy (non-hydrogen) atoms. The molecule has 1 fully saturated rings. The van der Waals surface area contributed by atoms with Crippen LogP contribution in [-0.4, -0.2) is 18.4 Å². The summed E-state index contributed by atoms with van der Waals surface area (Å²) >= 11 is 0. The maximum Gasteiger partial charge on any atom is 0.168 e. The first-order valence-corrected chi connectivity index (χ1v) is 8.01. The molecular weight excluding hydrogens is 289 g/mol. The van der Waals surface area contributed by atoms with Crippen LogP contribution in [0, 0.1) is 17.7 Å². The van der Waals surface area contributed by atoms with Gasteiger partial charge in [0.2, 0.25) is 0 Å². The van der Waals surface area contributed by atoms with E-state index in [-0.39, 0.29) is 29.5 Å². The highest BCUT2D eigenvalue weighted by Gasteiger charge is 2.44. The predicted octanol–water partition coefficient (Wildman–Crippen LogP) is 3.24. The van der Waals surface area contributed by atoms with E-state index in [1.165, 1.54) is 17.7 Å². The van der Waals surface area contributed by atoms with Crippen molar-refractivity contribution >= 4 is 11.4 Å². The van der Waals surface area contributed by atoms with Gasteiger partial charge < -0.3 is 5.32 Å². The average Bonchev–Trinajstić information content (AvgIpc) is 3.11. The molecule has 1 aliphatic heterocycles. The lowest BCUT2D eigenvalue weighted by Gasteiger charge is -2.16. The molecule has 1 aliphatic carbocycles. The van der Waals surface area contributed by atoms with Crippen LogP contribution in [-0.2, 0) is 11.2 Å². The first-order valence-electron chi connectivity index (χ1n) is 8.01. The molecule has 0 bridgehead atoms. The third-order valence-electron chi connectivity index (χ3n) is 4.94. The number of rotatable bonds is 3. The number of benzene rings is 2. The molecule has 0 amide bonds. The Morgan fingerprint density at radius 2 is 1.78 bits per heavy atom. The summed E-state index contributed by atoms with van der Waals surface area (Å²) in [5.41, 5.74) is 2.85. The Hall–Kier alpha value is -2.26. The van der Waals surface area contributed by atoms with Gasteiger partial charge in [-0.25, -0.2) is 4.39 Å². The van der Waals surface area contributed by atoms with Crippen LogP contribution in [0.15, 0.2) is 60.7 Å². The molecule has 1 heterocycles. The number of hydrogen-bond donors (Lipinski definition) is 1. The van der Waals surface area contributed by atoms with E-state index in [1.807, 2.05) is 18.2 Å². The SMILES string of the molecule is O=C1C(c2ccc(F)cc2)=CC2C(Cc3ccccc3)NCC12. The third kappa shape index (κ3) is 2.62. The molecular formula is C20H18FNO. The summed E-state index contributed by atoms with van der Waals surface area (Å²) < 4.78 is 13.1. The van der Waals surface area contributed by atoms with Crippen molar-refractivity contribution in [1.29, 1.82) is 0 Å². The van der Waals surface area contributed by atoms with Gasteiger partial charge in [0, 0.05) is 30.0 Å². The van der Waals surface area contributed by atoms with E-state index in [2.05, 4.69) is 23.5 Å². The molecule has 0 saturated carbocycles. The molecule has 3 atom stereocenters. The fourth-order valence-electron chi connectivity index (χ4n) is 3.75. The highest BCUT2D eigenvalue weighted by Crippen LogP contribution is 2.39. The fourth-order valence-corrected chi connectivity index (χ4v) is 3.75. The van der Waals surface area contributed by atoms with Gasteiger partial charge in [-0.05, 0) is 29.7 Å². The van der Waals surface area contributed by atoms with Gasteiger partial charge in [0.25, 0.3) is 0 Å². The van der Waals surface area contributed by atoms with Crippen LogP contribution in [0.2, 0.25) is 0 Å². The lowest BCUT2D eigenvalue weighted by Crippen LogP contribution is -2.28. The Morgan fingerprint density at radius 3 is 2.52 bits per heavy atom. The minimum absolute atomic E-state index is 0.0174. The van der Waals surface area contributed by atoms with Crippen molar-refractivity contribution in [2.75, 3.05) is 6.54 Å². The Kier molecular flexibility index (Phi) is 3.58. The van der Waals surface area contributed by atoms with E-state index in [0.29, 0.717) is 0 Å². The van der Waals surface area contributed by atoms with Gasteiger partial charge >= 0.3 is 0 Å². The molecule has 2 aliphatic rings. The minimum Gasteiger partial charge on any atom is -0.312 e. The molecule has 3 unspecified atom stereocenters. The van der Waals surface area contributed by atoms with Crippen molar-refractivity contribution in [3.8, 4) is 0 Å². The molecule has 2 nitrogen and oxygen atoms in total. The van der Waals surface area contributed by atoms with Crippen molar-refractivity contribution < 1.29 is 9.18 Å². The van der Waals surface area contributed by atoms with Gasteiger partial charge in [-0.3, -0.25) is 4.79 Å². The first-order chi connectivity index (χ1) is 11.2. The Balaban J connectivity index is 1.59. The second kappa shape index (κ2) is 5.74. The fraction of sp³-hybridized carbons (Fsp3) is 0.250. The zero-order valence-electron chi connectivity index (χ0n) is 12.7. The van der Waals surface area contributed by atoms with E-state index in [4.69, 9.17) is 0 Å². The van der Waals surface area contributed by atoms with Crippen LogP contribution in [0.3, 0.4) is 0 Å². The topological polar surface area (TPSA) is 29.1 Å². The number of ketones is 1. The third-order valence-corrected chi connectivity index (χ3v) is 4.94. The lowest BCUT2D eigenvalue weighted by molar-refractivity contribution is -0.116. The van der Waals surface area contributed by atoms with Gasteiger partial charge in [0.05, 0.1) is 0 Å². The van der Waals surface area contributed by atoms with Crippen molar-refractivity contribution in [3.05, 3.63) is 77.6 Å². The van der Waals surface area contributed by atoms with Gasteiger partial charge in [-0.2, -0.15) is 0 Å². The molecule has 0 spiro atoms. The summed E-state index contributed by atoms with van der Waals surface area (Å²) in [6.45, 7) is 0.724. The summed E-state index contributed by atoms with van der Waals surface area (Å²) in [5, 5.41) is 3.49. The van der Waals surface area contributed by atoms with Gasteiger partial charge in [-0.15, -0.1) is 0 Å². The number of hydrogen-bond acceptors (Lipinski definition) is 2. The molecule has 4 rings (SSSR count). The van der Waals surface area contributed by atoms with E-state index >= 15 is 0 Å². The molecule has 2 aromatic rings. The molecule has 2 aromatic carbocycles. The standard InChI is InChI=1S/C20H18FNO/c21-15-8-6-14(7-9-15)16-11-17-18(20(16)23)12-22-19(17)10-13-4-2-1-3-5-13/h1-9,11,17-19,22H,10,12H2. The number of nitrogens with one attached hydrogen (secondary N) is 1. The molecule has 116 valence electrons. The van der Waals surface area contributed by atoms with E-state index in [1.54, 1.807) is 12.1 Å². The van der Waals surface area contributed by atoms with E-state index in [9.17, 15) is 9.18 Å². The molecule has 0 aromatic heterocycles. The summed E-state index contributed by atoms with van der Waals surface area (Å²) in [4.78, 5) is 12.7. The number of fused-ring (bicyclic) bond motifs is 1. The molecule has 1 N–H and O–H groups in total. The predicted molar refractivity (Wildman–Crippen MR) is 88.3 cm³/mol. The summed E-state index contributed by atoms with van der Waals surface area (Å²) in [6.07, 6.45) is 3.01. The number of carbonyl (C=O) groups excluding carboxylic acids is 1. The smallest absolute Gasteiger partial charge is 0.168 e. The summed E-state index contributed by atoms with van der Waals surface area (Å²) in [5.74, 6) is 0.153. The lowest BCUT2D eigenvalue weighted by atomic mass is 9.90. The zero-order chi connectivity index (χ0) is 15.8. The van der Waals surface area contributed by atoms with E-state index in [0.717, 1.165) is 24.1 Å². The quantitative estimate of drug-likeness (QED) is 0.943. The number of Topliss-reactive ketones (excluding diaryl/α,β-unsaturated/α-hetero) is 1. The van der Waals surface area contributed by atoms with Gasteiger partial charge in [0.1, 0.15) is 5.82 Å². The normalized spacial score (nSPS) is 26.2. The van der Waals surface area contributed by atoms with Crippen LogP contribution in [0.5, 0.6) is 0 Å². The van der Waals surface area contributed by atoms with Crippen LogP contribution in [0.1, 0.15) is 11.1 Å². The first kappa shape index (κ1) is 14.3. The zero-order valence-corrected chi connectivity index (χ0v) is 12.7. The van der Waals surface area contributed by atoms with Crippen molar-refractivity contribution in [2.45, 2.75) is 12.5 Å². The van der Waals surface area contributed by atoms with Crippen molar-refractivity contribution in [3.63, 3.8) is 0 Å². The Labute approximate surface area is 135 Å². The van der Waals surface area contributed by atoms with Crippen LogP contribution in [0.4, 0.5) is 4.39 Å². The average molecular weight is 307 g/mol. The highest BCUT2D eigenvalue weighted by atomic mass is 19.1. The minimum atomic E-state index is -0.274. The maximum atomic E-state index is 13.1. The number of halogens is 1. The molecule has 0 radical (unpaired) electrons. The monoisotopic (exact) mass is 307 g/mol. The van der Waals surface area contributed by atoms with Gasteiger partial charge in [0.15, 0.2) is 5.78 Å². The summed E-state index contributed by atoms with van der Waals surface area (Å²) in [6, 6.07) is 16.8. The largest absolute Gasteiger partial charge is 0.312 e.